The molecule has 8 heteroatoms. The van der Waals surface area contributed by atoms with E-state index in [-0.39, 0.29) is 12.5 Å². The highest BCUT2D eigenvalue weighted by molar-refractivity contribution is 5.84. The minimum absolute atomic E-state index is 0.00878. The van der Waals surface area contributed by atoms with E-state index in [1.165, 1.54) is 5.69 Å². The minimum Gasteiger partial charge on any atom is -0.379 e. The zero-order valence-corrected chi connectivity index (χ0v) is 18.8. The first-order valence-electron chi connectivity index (χ1n) is 10.9. The first kappa shape index (κ1) is 24.0. The Hall–Kier alpha value is -2.32. The summed E-state index contributed by atoms with van der Waals surface area (Å²) in [5.41, 5.74) is 1.24. The molecule has 168 valence electrons. The molecule has 2 rings (SSSR count). The number of carbonyl (C=O) groups excluding carboxylic acids is 1. The third-order valence-corrected chi connectivity index (χ3v) is 5.10. The molecule has 0 saturated carbocycles. The van der Waals surface area contributed by atoms with Crippen molar-refractivity contribution in [1.29, 1.82) is 0 Å². The molecule has 1 fully saturated rings. The van der Waals surface area contributed by atoms with E-state index in [2.05, 4.69) is 56.6 Å². The maximum Gasteiger partial charge on any atom is 0.243 e. The Labute approximate surface area is 181 Å². The molecule has 0 unspecified atom stereocenters. The summed E-state index contributed by atoms with van der Waals surface area (Å²) in [5, 5.41) is 6.75. The number of hydrogen-bond acceptors (Lipinski definition) is 5. The van der Waals surface area contributed by atoms with Gasteiger partial charge in [0.1, 0.15) is 6.54 Å². The van der Waals surface area contributed by atoms with Gasteiger partial charge in [0.2, 0.25) is 5.91 Å². The zero-order valence-electron chi connectivity index (χ0n) is 18.8. The Morgan fingerprint density at radius 2 is 1.83 bits per heavy atom. The highest BCUT2D eigenvalue weighted by atomic mass is 16.5. The van der Waals surface area contributed by atoms with Crippen LogP contribution in [0.4, 0.5) is 5.69 Å². The van der Waals surface area contributed by atoms with Gasteiger partial charge in [-0.25, -0.2) is 4.99 Å². The molecule has 1 amide bonds. The van der Waals surface area contributed by atoms with E-state index >= 15 is 0 Å². The molecule has 1 aromatic carbocycles. The van der Waals surface area contributed by atoms with Crippen molar-refractivity contribution in [3.63, 3.8) is 0 Å². The average molecular weight is 419 g/mol. The van der Waals surface area contributed by atoms with Crippen LogP contribution >= 0.6 is 0 Å². The summed E-state index contributed by atoms with van der Waals surface area (Å²) in [4.78, 5) is 22.7. The number of anilines is 1. The Kier molecular flexibility index (Phi) is 11.0. The predicted molar refractivity (Wildman–Crippen MR) is 123 cm³/mol. The molecule has 0 atom stereocenters. The fraction of sp³-hybridized carbons (Fsp3) is 0.636. The van der Waals surface area contributed by atoms with Crippen LogP contribution in [0.1, 0.15) is 13.3 Å². The van der Waals surface area contributed by atoms with E-state index in [0.717, 1.165) is 65.4 Å². The summed E-state index contributed by atoms with van der Waals surface area (Å²) >= 11 is 0. The number of nitrogens with one attached hydrogen (secondary N) is 2. The number of nitrogens with zero attached hydrogens (tertiary/aromatic N) is 4. The molecule has 0 bridgehead atoms. The summed E-state index contributed by atoms with van der Waals surface area (Å²) in [7, 11) is 3.50. The van der Waals surface area contributed by atoms with Crippen LogP contribution in [-0.4, -0.2) is 101 Å². The van der Waals surface area contributed by atoms with Gasteiger partial charge in [-0.05, 0) is 25.5 Å². The summed E-state index contributed by atoms with van der Waals surface area (Å²) < 4.78 is 5.40. The number of morpholine rings is 1. The number of likely N-dealkylation sites (N-methyl/N-ethyl adjacent to an activating group) is 1. The van der Waals surface area contributed by atoms with Crippen molar-refractivity contribution in [3.8, 4) is 0 Å². The van der Waals surface area contributed by atoms with Crippen LogP contribution in [0.5, 0.6) is 0 Å². The number of benzene rings is 1. The fourth-order valence-corrected chi connectivity index (χ4v) is 3.20. The van der Waals surface area contributed by atoms with Gasteiger partial charge in [0.05, 0.1) is 13.2 Å². The van der Waals surface area contributed by atoms with Gasteiger partial charge in [0, 0.05) is 65.6 Å². The van der Waals surface area contributed by atoms with E-state index in [1.54, 1.807) is 19.0 Å². The number of hydrogen-bond donors (Lipinski definition) is 2. The molecule has 30 heavy (non-hydrogen) atoms. The first-order chi connectivity index (χ1) is 14.6. The monoisotopic (exact) mass is 418 g/mol. The summed E-state index contributed by atoms with van der Waals surface area (Å²) in [6, 6.07) is 10.5. The van der Waals surface area contributed by atoms with Crippen LogP contribution in [-0.2, 0) is 9.53 Å². The van der Waals surface area contributed by atoms with Gasteiger partial charge < -0.3 is 25.2 Å². The molecule has 1 heterocycles. The summed E-state index contributed by atoms with van der Waals surface area (Å²) in [6.45, 7) is 10.3. The Balaban J connectivity index is 1.78. The molecule has 1 aliphatic rings. The number of carbonyl (C=O) groups is 1. The molecule has 0 radical (unpaired) electrons. The lowest BCUT2D eigenvalue weighted by Crippen LogP contribution is -2.45. The van der Waals surface area contributed by atoms with Gasteiger partial charge in [-0.1, -0.05) is 18.2 Å². The molecule has 1 aliphatic heterocycles. The summed E-state index contributed by atoms with van der Waals surface area (Å²) in [6.07, 6.45) is 0.981. The van der Waals surface area contributed by atoms with Crippen molar-refractivity contribution in [2.45, 2.75) is 13.3 Å². The van der Waals surface area contributed by atoms with Gasteiger partial charge in [0.15, 0.2) is 5.96 Å². The quantitative estimate of drug-likeness (QED) is 0.316. The van der Waals surface area contributed by atoms with Crippen LogP contribution in [0.15, 0.2) is 35.3 Å². The van der Waals surface area contributed by atoms with Crippen molar-refractivity contribution in [2.24, 2.45) is 4.99 Å². The highest BCUT2D eigenvalue weighted by Crippen LogP contribution is 2.12. The zero-order chi connectivity index (χ0) is 21.6. The topological polar surface area (TPSA) is 72.4 Å². The Bertz CT molecular complexity index is 632. The third-order valence-electron chi connectivity index (χ3n) is 5.10. The highest BCUT2D eigenvalue weighted by Gasteiger charge is 2.10. The standard InChI is InChI=1S/C22H38N6O2/c1-4-28(20-9-6-5-7-10-20)13-8-11-23-22(25-19-21(29)26(2)3)24-12-14-27-15-17-30-18-16-27/h5-7,9-10H,4,8,11-19H2,1-3H3,(H2,23,24,25). The number of guanidine groups is 1. The molecule has 1 saturated heterocycles. The van der Waals surface area contributed by atoms with Gasteiger partial charge >= 0.3 is 0 Å². The predicted octanol–water partition coefficient (Wildman–Crippen LogP) is 0.859. The maximum atomic E-state index is 11.9. The fourth-order valence-electron chi connectivity index (χ4n) is 3.20. The van der Waals surface area contributed by atoms with Gasteiger partial charge in [-0.15, -0.1) is 0 Å². The van der Waals surface area contributed by atoms with E-state index in [0.29, 0.717) is 5.96 Å². The Morgan fingerprint density at radius 1 is 1.13 bits per heavy atom. The largest absolute Gasteiger partial charge is 0.379 e. The first-order valence-corrected chi connectivity index (χ1v) is 10.9. The number of aliphatic imine (C=N–C) groups is 1. The van der Waals surface area contributed by atoms with Crippen molar-refractivity contribution in [1.82, 2.24) is 20.4 Å². The molecule has 0 spiro atoms. The molecule has 0 aromatic heterocycles. The van der Waals surface area contributed by atoms with Gasteiger partial charge in [0.25, 0.3) is 0 Å². The van der Waals surface area contributed by atoms with E-state index < -0.39 is 0 Å². The van der Waals surface area contributed by atoms with Crippen LogP contribution < -0.4 is 15.5 Å². The SMILES string of the molecule is CCN(CCCNC(=NCC(=O)N(C)C)NCCN1CCOCC1)c1ccccc1. The smallest absolute Gasteiger partial charge is 0.243 e. The number of para-hydroxylation sites is 1. The van der Waals surface area contributed by atoms with E-state index in [9.17, 15) is 4.79 Å². The molecular weight excluding hydrogens is 380 g/mol. The number of amides is 1. The molecular formula is C22H38N6O2. The normalized spacial score (nSPS) is 15.0. The van der Waals surface area contributed by atoms with E-state index in [1.807, 2.05) is 6.07 Å². The molecule has 8 nitrogen and oxygen atoms in total. The third kappa shape index (κ3) is 9.00. The minimum atomic E-state index is -0.00878. The van der Waals surface area contributed by atoms with Gasteiger partial charge in [-0.3, -0.25) is 9.69 Å². The maximum absolute atomic E-state index is 11.9. The van der Waals surface area contributed by atoms with Crippen LogP contribution in [0.25, 0.3) is 0 Å². The lowest BCUT2D eigenvalue weighted by atomic mass is 10.2. The molecule has 0 aliphatic carbocycles. The van der Waals surface area contributed by atoms with Crippen molar-refractivity contribution >= 4 is 17.6 Å². The van der Waals surface area contributed by atoms with Crippen LogP contribution in [0.2, 0.25) is 0 Å². The Morgan fingerprint density at radius 3 is 2.50 bits per heavy atom. The van der Waals surface area contributed by atoms with Crippen LogP contribution in [0.3, 0.4) is 0 Å². The number of ether oxygens (including phenoxy) is 1. The van der Waals surface area contributed by atoms with Gasteiger partial charge in [-0.2, -0.15) is 0 Å². The van der Waals surface area contributed by atoms with Crippen LogP contribution in [0, 0.1) is 0 Å². The lowest BCUT2D eigenvalue weighted by Gasteiger charge is -2.27. The second-order valence-corrected chi connectivity index (χ2v) is 7.53. The lowest BCUT2D eigenvalue weighted by molar-refractivity contribution is -0.127. The van der Waals surface area contributed by atoms with Crippen molar-refractivity contribution < 1.29 is 9.53 Å². The molecule has 1 aromatic rings. The summed E-state index contributed by atoms with van der Waals surface area (Å²) in [5.74, 6) is 0.687. The second-order valence-electron chi connectivity index (χ2n) is 7.53. The molecule has 2 N–H and O–H groups in total. The second kappa shape index (κ2) is 13.8. The average Bonchev–Trinajstić information content (AvgIpc) is 2.78. The van der Waals surface area contributed by atoms with E-state index in [4.69, 9.17) is 4.74 Å². The number of rotatable bonds is 11. The van der Waals surface area contributed by atoms with Crippen molar-refractivity contribution in [2.75, 3.05) is 84.6 Å². The van der Waals surface area contributed by atoms with Crippen molar-refractivity contribution in [3.05, 3.63) is 30.3 Å².